The maximum atomic E-state index is 12.9. The zero-order chi connectivity index (χ0) is 19.2. The van der Waals surface area contributed by atoms with Crippen LogP contribution in [0.4, 0.5) is 4.79 Å². The zero-order valence-electron chi connectivity index (χ0n) is 15.7. The highest BCUT2D eigenvalue weighted by atomic mass is 16.6. The van der Waals surface area contributed by atoms with Gasteiger partial charge in [-0.2, -0.15) is 5.26 Å². The molecule has 0 bridgehead atoms. The summed E-state index contributed by atoms with van der Waals surface area (Å²) in [7, 11) is 0. The molecule has 1 fully saturated rings. The molecule has 1 saturated heterocycles. The molecule has 1 aromatic rings. The number of hydrogen-bond donors (Lipinski definition) is 1. The highest BCUT2D eigenvalue weighted by Crippen LogP contribution is 2.14. The molecule has 1 aliphatic heterocycles. The number of nitriles is 1. The summed E-state index contributed by atoms with van der Waals surface area (Å²) in [6.07, 6.45) is 2.87. The SMILES string of the molecule is CC(C)(C)OC(=O)N[C@@H](Cc1ccc(C#N)cc1)C(=O)N1CCCCC1. The number of piperidine rings is 1. The molecule has 0 radical (unpaired) electrons. The monoisotopic (exact) mass is 357 g/mol. The van der Waals surface area contributed by atoms with Crippen LogP contribution in [0.1, 0.15) is 51.2 Å². The Kier molecular flexibility index (Phi) is 6.62. The summed E-state index contributed by atoms with van der Waals surface area (Å²) in [5.41, 5.74) is 0.820. The summed E-state index contributed by atoms with van der Waals surface area (Å²) in [4.78, 5) is 26.9. The first-order chi connectivity index (χ1) is 12.3. The number of rotatable bonds is 4. The molecule has 0 unspecified atom stereocenters. The Balaban J connectivity index is 2.12. The Morgan fingerprint density at radius 1 is 1.19 bits per heavy atom. The lowest BCUT2D eigenvalue weighted by molar-refractivity contribution is -0.134. The number of nitrogens with one attached hydrogen (secondary N) is 1. The standard InChI is InChI=1S/C20H27N3O3/c1-20(2,3)26-19(25)22-17(18(24)23-11-5-4-6-12-23)13-15-7-9-16(14-21)10-8-15/h7-10,17H,4-6,11-13H2,1-3H3,(H,22,25)/t17-/m0/s1. The van der Waals surface area contributed by atoms with Crippen molar-refractivity contribution in [2.75, 3.05) is 13.1 Å². The quantitative estimate of drug-likeness (QED) is 0.898. The minimum atomic E-state index is -0.684. The minimum Gasteiger partial charge on any atom is -0.444 e. The van der Waals surface area contributed by atoms with Crippen LogP contribution in [0.25, 0.3) is 0 Å². The molecule has 6 nitrogen and oxygen atoms in total. The maximum absolute atomic E-state index is 12.9. The fourth-order valence-electron chi connectivity index (χ4n) is 2.94. The molecule has 2 rings (SSSR count). The normalized spacial score (nSPS) is 15.7. The van der Waals surface area contributed by atoms with E-state index in [-0.39, 0.29) is 5.91 Å². The molecule has 1 N–H and O–H groups in total. The van der Waals surface area contributed by atoms with Crippen molar-refractivity contribution >= 4 is 12.0 Å². The van der Waals surface area contributed by atoms with Crippen LogP contribution in [0, 0.1) is 11.3 Å². The molecule has 6 heteroatoms. The molecule has 2 amide bonds. The van der Waals surface area contributed by atoms with Crippen molar-refractivity contribution in [2.24, 2.45) is 0 Å². The van der Waals surface area contributed by atoms with E-state index in [4.69, 9.17) is 10.00 Å². The van der Waals surface area contributed by atoms with Gasteiger partial charge in [-0.1, -0.05) is 12.1 Å². The summed E-state index contributed by atoms with van der Waals surface area (Å²) in [5.74, 6) is -0.0834. The van der Waals surface area contributed by atoms with Gasteiger partial charge in [0.25, 0.3) is 0 Å². The van der Waals surface area contributed by atoms with Crippen LogP contribution in [-0.2, 0) is 16.0 Å². The van der Waals surface area contributed by atoms with Crippen molar-refractivity contribution in [3.63, 3.8) is 0 Å². The number of benzene rings is 1. The second-order valence-electron chi connectivity index (χ2n) is 7.60. The van der Waals surface area contributed by atoms with Gasteiger partial charge in [-0.05, 0) is 57.7 Å². The molecule has 0 aliphatic carbocycles. The molecule has 0 aromatic heterocycles. The van der Waals surface area contributed by atoms with E-state index in [1.165, 1.54) is 0 Å². The molecule has 0 saturated carbocycles. The van der Waals surface area contributed by atoms with Crippen molar-refractivity contribution in [1.29, 1.82) is 5.26 Å². The topological polar surface area (TPSA) is 82.4 Å². The molecule has 1 aromatic carbocycles. The number of carbonyl (C=O) groups excluding carboxylic acids is 2. The minimum absolute atomic E-state index is 0.0834. The van der Waals surface area contributed by atoms with Gasteiger partial charge in [0.05, 0.1) is 11.6 Å². The number of carbonyl (C=O) groups is 2. The van der Waals surface area contributed by atoms with Gasteiger partial charge in [0, 0.05) is 19.5 Å². The number of amides is 2. The third kappa shape index (κ3) is 6.07. The highest BCUT2D eigenvalue weighted by molar-refractivity contribution is 5.86. The van der Waals surface area contributed by atoms with Gasteiger partial charge in [-0.25, -0.2) is 4.79 Å². The lowest BCUT2D eigenvalue weighted by Gasteiger charge is -2.31. The van der Waals surface area contributed by atoms with Crippen molar-refractivity contribution in [3.8, 4) is 6.07 Å². The van der Waals surface area contributed by atoms with Crippen LogP contribution < -0.4 is 5.32 Å². The number of nitrogens with zero attached hydrogens (tertiary/aromatic N) is 2. The summed E-state index contributed by atoms with van der Waals surface area (Å²) < 4.78 is 5.32. The third-order valence-corrected chi connectivity index (χ3v) is 4.18. The fraction of sp³-hybridized carbons (Fsp3) is 0.550. The van der Waals surface area contributed by atoms with Gasteiger partial charge in [0.1, 0.15) is 11.6 Å². The van der Waals surface area contributed by atoms with Crippen LogP contribution in [0.2, 0.25) is 0 Å². The van der Waals surface area contributed by atoms with E-state index < -0.39 is 17.7 Å². The molecule has 1 aliphatic rings. The largest absolute Gasteiger partial charge is 0.444 e. The first-order valence-corrected chi connectivity index (χ1v) is 9.06. The molecule has 1 heterocycles. The van der Waals surface area contributed by atoms with Crippen LogP contribution in [-0.4, -0.2) is 41.6 Å². The maximum Gasteiger partial charge on any atom is 0.408 e. The Morgan fingerprint density at radius 2 is 1.81 bits per heavy atom. The van der Waals surface area contributed by atoms with Gasteiger partial charge in [0.2, 0.25) is 5.91 Å². The van der Waals surface area contributed by atoms with Gasteiger partial charge < -0.3 is 15.0 Å². The Bertz CT molecular complexity index is 665. The van der Waals surface area contributed by atoms with Gasteiger partial charge in [-0.15, -0.1) is 0 Å². The van der Waals surface area contributed by atoms with Crippen molar-refractivity contribution < 1.29 is 14.3 Å². The lowest BCUT2D eigenvalue weighted by atomic mass is 10.0. The number of likely N-dealkylation sites (tertiary alicyclic amines) is 1. The zero-order valence-corrected chi connectivity index (χ0v) is 15.7. The van der Waals surface area contributed by atoms with E-state index in [1.54, 1.807) is 32.9 Å². The summed E-state index contributed by atoms with van der Waals surface area (Å²) in [6, 6.07) is 8.44. The predicted octanol–water partition coefficient (Wildman–Crippen LogP) is 3.01. The third-order valence-electron chi connectivity index (χ3n) is 4.18. The Hall–Kier alpha value is -2.55. The first kappa shape index (κ1) is 19.8. The summed E-state index contributed by atoms with van der Waals surface area (Å²) in [6.45, 7) is 6.80. The van der Waals surface area contributed by atoms with Crippen molar-refractivity contribution in [1.82, 2.24) is 10.2 Å². The van der Waals surface area contributed by atoms with E-state index in [2.05, 4.69) is 11.4 Å². The number of ether oxygens (including phenoxy) is 1. The van der Waals surface area contributed by atoms with Gasteiger partial charge in [-0.3, -0.25) is 4.79 Å². The molecule has 26 heavy (non-hydrogen) atoms. The Labute approximate surface area is 155 Å². The number of hydrogen-bond acceptors (Lipinski definition) is 4. The first-order valence-electron chi connectivity index (χ1n) is 9.06. The van der Waals surface area contributed by atoms with E-state index in [0.29, 0.717) is 12.0 Å². The molecule has 1 atom stereocenters. The van der Waals surface area contributed by atoms with E-state index in [1.807, 2.05) is 17.0 Å². The molecule has 140 valence electrons. The van der Waals surface area contributed by atoms with Crippen LogP contribution >= 0.6 is 0 Å². The van der Waals surface area contributed by atoms with E-state index >= 15 is 0 Å². The number of alkyl carbamates (subject to hydrolysis) is 1. The van der Waals surface area contributed by atoms with Crippen LogP contribution in [0.15, 0.2) is 24.3 Å². The average molecular weight is 357 g/mol. The highest BCUT2D eigenvalue weighted by Gasteiger charge is 2.29. The van der Waals surface area contributed by atoms with Crippen LogP contribution in [0.3, 0.4) is 0 Å². The average Bonchev–Trinajstić information content (AvgIpc) is 2.60. The summed E-state index contributed by atoms with van der Waals surface area (Å²) >= 11 is 0. The van der Waals surface area contributed by atoms with E-state index in [9.17, 15) is 9.59 Å². The lowest BCUT2D eigenvalue weighted by Crippen LogP contribution is -2.51. The van der Waals surface area contributed by atoms with Gasteiger partial charge >= 0.3 is 6.09 Å². The van der Waals surface area contributed by atoms with Crippen LogP contribution in [0.5, 0.6) is 0 Å². The van der Waals surface area contributed by atoms with Crippen molar-refractivity contribution in [3.05, 3.63) is 35.4 Å². The smallest absolute Gasteiger partial charge is 0.408 e. The molecular formula is C20H27N3O3. The molecule has 0 spiro atoms. The second-order valence-corrected chi connectivity index (χ2v) is 7.60. The summed E-state index contributed by atoms with van der Waals surface area (Å²) in [5, 5.41) is 11.6. The predicted molar refractivity (Wildman–Crippen MR) is 98.4 cm³/mol. The fourth-order valence-corrected chi connectivity index (χ4v) is 2.94. The van der Waals surface area contributed by atoms with Crippen molar-refractivity contribution in [2.45, 2.75) is 58.1 Å². The second kappa shape index (κ2) is 8.70. The van der Waals surface area contributed by atoms with E-state index in [0.717, 1.165) is 37.9 Å². The Morgan fingerprint density at radius 3 is 2.35 bits per heavy atom. The van der Waals surface area contributed by atoms with Gasteiger partial charge in [0.15, 0.2) is 0 Å². The molecular weight excluding hydrogens is 330 g/mol.